The molecule has 1 unspecified atom stereocenters. The van der Waals surface area contributed by atoms with E-state index >= 15 is 0 Å². The summed E-state index contributed by atoms with van der Waals surface area (Å²) in [5, 5.41) is 0. The highest BCUT2D eigenvalue weighted by atomic mass is 16.5. The maximum Gasteiger partial charge on any atom is 0.0642 e. The van der Waals surface area contributed by atoms with Crippen molar-refractivity contribution in [2.24, 2.45) is 5.73 Å². The van der Waals surface area contributed by atoms with Crippen molar-refractivity contribution in [3.05, 3.63) is 29.8 Å². The third kappa shape index (κ3) is 2.36. The minimum atomic E-state index is 0.138. The lowest BCUT2D eigenvalue weighted by Gasteiger charge is -2.31. The van der Waals surface area contributed by atoms with Gasteiger partial charge in [-0.3, -0.25) is 0 Å². The Morgan fingerprint density at radius 2 is 2.00 bits per heavy atom. The van der Waals surface area contributed by atoms with Crippen molar-refractivity contribution in [2.75, 3.05) is 31.2 Å². The van der Waals surface area contributed by atoms with Crippen LogP contribution in [0.3, 0.4) is 0 Å². The lowest BCUT2D eigenvalue weighted by molar-refractivity contribution is 0.122. The van der Waals surface area contributed by atoms with Gasteiger partial charge in [0.2, 0.25) is 0 Å². The van der Waals surface area contributed by atoms with E-state index in [1.807, 2.05) is 0 Å². The van der Waals surface area contributed by atoms with Gasteiger partial charge in [-0.25, -0.2) is 0 Å². The Kier molecular flexibility index (Phi) is 3.80. The molecule has 3 nitrogen and oxygen atoms in total. The van der Waals surface area contributed by atoms with Gasteiger partial charge in [-0.15, -0.1) is 0 Å². The van der Waals surface area contributed by atoms with Crippen LogP contribution in [0.25, 0.3) is 0 Å². The molecule has 0 aliphatic carbocycles. The summed E-state index contributed by atoms with van der Waals surface area (Å²) in [6.07, 6.45) is 0.974. The Bertz CT molecular complexity index is 334. The van der Waals surface area contributed by atoms with Gasteiger partial charge in [-0.1, -0.05) is 25.1 Å². The van der Waals surface area contributed by atoms with Crippen LogP contribution >= 0.6 is 0 Å². The van der Waals surface area contributed by atoms with Gasteiger partial charge in [0.15, 0.2) is 0 Å². The summed E-state index contributed by atoms with van der Waals surface area (Å²) in [4.78, 5) is 2.37. The van der Waals surface area contributed by atoms with Gasteiger partial charge in [0, 0.05) is 24.8 Å². The molecule has 1 atom stereocenters. The third-order valence-electron chi connectivity index (χ3n) is 3.13. The van der Waals surface area contributed by atoms with Gasteiger partial charge in [0.25, 0.3) is 0 Å². The van der Waals surface area contributed by atoms with Crippen LogP contribution < -0.4 is 10.6 Å². The van der Waals surface area contributed by atoms with Gasteiger partial charge in [-0.2, -0.15) is 0 Å². The van der Waals surface area contributed by atoms with E-state index in [0.29, 0.717) is 0 Å². The highest BCUT2D eigenvalue weighted by molar-refractivity contribution is 5.55. The van der Waals surface area contributed by atoms with Crippen LogP contribution in [0.2, 0.25) is 0 Å². The lowest BCUT2D eigenvalue weighted by atomic mass is 10.0. The number of hydrogen-bond donors (Lipinski definition) is 1. The second-order valence-corrected chi connectivity index (χ2v) is 4.17. The first-order valence-electron chi connectivity index (χ1n) is 6.00. The summed E-state index contributed by atoms with van der Waals surface area (Å²) in [5.41, 5.74) is 8.68. The molecule has 0 amide bonds. The first-order chi connectivity index (χ1) is 7.83. The van der Waals surface area contributed by atoms with Crippen LogP contribution in [0.4, 0.5) is 5.69 Å². The minimum absolute atomic E-state index is 0.138. The highest BCUT2D eigenvalue weighted by Crippen LogP contribution is 2.27. The summed E-state index contributed by atoms with van der Waals surface area (Å²) in [6, 6.07) is 8.58. The summed E-state index contributed by atoms with van der Waals surface area (Å²) < 4.78 is 5.37. The van der Waals surface area contributed by atoms with Crippen molar-refractivity contribution in [3.8, 4) is 0 Å². The van der Waals surface area contributed by atoms with E-state index in [1.165, 1.54) is 11.3 Å². The molecule has 88 valence electrons. The van der Waals surface area contributed by atoms with Crippen molar-refractivity contribution in [1.82, 2.24) is 0 Å². The number of rotatable bonds is 3. The largest absolute Gasteiger partial charge is 0.378 e. The van der Waals surface area contributed by atoms with E-state index < -0.39 is 0 Å². The summed E-state index contributed by atoms with van der Waals surface area (Å²) in [5.74, 6) is 0. The van der Waals surface area contributed by atoms with Crippen molar-refractivity contribution in [3.63, 3.8) is 0 Å². The van der Waals surface area contributed by atoms with Crippen LogP contribution in [0.1, 0.15) is 24.9 Å². The molecule has 16 heavy (non-hydrogen) atoms. The maximum atomic E-state index is 6.14. The Balaban J connectivity index is 2.24. The van der Waals surface area contributed by atoms with Gasteiger partial charge in [0.05, 0.1) is 13.2 Å². The molecule has 1 heterocycles. The van der Waals surface area contributed by atoms with Gasteiger partial charge < -0.3 is 15.4 Å². The first-order valence-corrected chi connectivity index (χ1v) is 6.00. The average Bonchev–Trinajstić information content (AvgIpc) is 2.39. The van der Waals surface area contributed by atoms with Gasteiger partial charge >= 0.3 is 0 Å². The number of morpholine rings is 1. The summed E-state index contributed by atoms with van der Waals surface area (Å²) >= 11 is 0. The molecule has 0 radical (unpaired) electrons. The number of benzene rings is 1. The standard InChI is InChI=1S/C13H20N2O/c1-2-12(14)11-5-3-4-6-13(11)15-7-9-16-10-8-15/h3-6,12H,2,7-10,14H2,1H3. The number of nitrogens with two attached hydrogens (primary N) is 1. The quantitative estimate of drug-likeness (QED) is 0.846. The zero-order valence-corrected chi connectivity index (χ0v) is 9.86. The van der Waals surface area contributed by atoms with Crippen molar-refractivity contribution in [2.45, 2.75) is 19.4 Å². The van der Waals surface area contributed by atoms with Crippen molar-refractivity contribution >= 4 is 5.69 Å². The number of para-hydroxylation sites is 1. The normalized spacial score (nSPS) is 18.5. The predicted octanol–water partition coefficient (Wildman–Crippen LogP) is 1.93. The van der Waals surface area contributed by atoms with E-state index in [0.717, 1.165) is 32.7 Å². The number of anilines is 1. The fourth-order valence-electron chi connectivity index (χ4n) is 2.11. The molecule has 1 fully saturated rings. The zero-order valence-electron chi connectivity index (χ0n) is 9.86. The highest BCUT2D eigenvalue weighted by Gasteiger charge is 2.16. The summed E-state index contributed by atoms with van der Waals surface area (Å²) in [6.45, 7) is 5.69. The molecule has 1 saturated heterocycles. The molecule has 1 aromatic rings. The molecular weight excluding hydrogens is 200 g/mol. The fraction of sp³-hybridized carbons (Fsp3) is 0.538. The molecule has 0 spiro atoms. The minimum Gasteiger partial charge on any atom is -0.378 e. The Morgan fingerprint density at radius 3 is 2.69 bits per heavy atom. The second kappa shape index (κ2) is 5.32. The van der Waals surface area contributed by atoms with Crippen LogP contribution in [-0.2, 0) is 4.74 Å². The topological polar surface area (TPSA) is 38.5 Å². The SMILES string of the molecule is CCC(N)c1ccccc1N1CCOCC1. The first kappa shape index (κ1) is 11.4. The molecular formula is C13H20N2O. The third-order valence-corrected chi connectivity index (χ3v) is 3.13. The molecule has 0 aromatic heterocycles. The van der Waals surface area contributed by atoms with Crippen LogP contribution in [-0.4, -0.2) is 26.3 Å². The van der Waals surface area contributed by atoms with Crippen LogP contribution in [0.5, 0.6) is 0 Å². The van der Waals surface area contributed by atoms with E-state index in [2.05, 4.69) is 36.1 Å². The monoisotopic (exact) mass is 220 g/mol. The van der Waals surface area contributed by atoms with Crippen LogP contribution in [0.15, 0.2) is 24.3 Å². The second-order valence-electron chi connectivity index (χ2n) is 4.17. The number of ether oxygens (including phenoxy) is 1. The van der Waals surface area contributed by atoms with Crippen molar-refractivity contribution in [1.29, 1.82) is 0 Å². The van der Waals surface area contributed by atoms with E-state index in [1.54, 1.807) is 0 Å². The fourth-order valence-corrected chi connectivity index (χ4v) is 2.11. The van der Waals surface area contributed by atoms with E-state index in [4.69, 9.17) is 10.5 Å². The predicted molar refractivity (Wildman–Crippen MR) is 66.7 cm³/mol. The number of nitrogens with zero attached hydrogens (tertiary/aromatic N) is 1. The molecule has 1 aliphatic heterocycles. The maximum absolute atomic E-state index is 6.14. The van der Waals surface area contributed by atoms with E-state index in [9.17, 15) is 0 Å². The Labute approximate surface area is 97.2 Å². The Morgan fingerprint density at radius 1 is 1.31 bits per heavy atom. The molecule has 2 N–H and O–H groups in total. The zero-order chi connectivity index (χ0) is 11.4. The van der Waals surface area contributed by atoms with Gasteiger partial charge in [-0.05, 0) is 18.1 Å². The molecule has 2 rings (SSSR count). The lowest BCUT2D eigenvalue weighted by Crippen LogP contribution is -2.37. The Hall–Kier alpha value is -1.06. The molecule has 3 heteroatoms. The van der Waals surface area contributed by atoms with Gasteiger partial charge in [0.1, 0.15) is 0 Å². The number of hydrogen-bond acceptors (Lipinski definition) is 3. The van der Waals surface area contributed by atoms with Crippen molar-refractivity contribution < 1.29 is 4.74 Å². The molecule has 1 aromatic carbocycles. The van der Waals surface area contributed by atoms with E-state index in [-0.39, 0.29) is 6.04 Å². The van der Waals surface area contributed by atoms with Crippen LogP contribution in [0, 0.1) is 0 Å². The average molecular weight is 220 g/mol. The summed E-state index contributed by atoms with van der Waals surface area (Å²) in [7, 11) is 0. The molecule has 1 aliphatic rings. The molecule has 0 bridgehead atoms. The molecule has 0 saturated carbocycles. The smallest absolute Gasteiger partial charge is 0.0642 e.